The van der Waals surface area contributed by atoms with Crippen LogP contribution in [0.5, 0.6) is 0 Å². The van der Waals surface area contributed by atoms with E-state index in [1.54, 1.807) is 6.08 Å². The summed E-state index contributed by atoms with van der Waals surface area (Å²) in [6.07, 6.45) is 17.9. The van der Waals surface area contributed by atoms with Crippen molar-refractivity contribution in [2.75, 3.05) is 13.2 Å². The summed E-state index contributed by atoms with van der Waals surface area (Å²) in [4.78, 5) is 14.0. The number of carbonyl (C=O) groups is 1. The third-order valence-corrected chi connectivity index (χ3v) is 14.9. The zero-order valence-corrected chi connectivity index (χ0v) is 38.4. The Labute approximate surface area is 383 Å². The largest absolute Gasteiger partial charge is 0.387 e. The molecule has 0 radical (unpaired) electrons. The number of aliphatic hydroxyl groups is 4. The van der Waals surface area contributed by atoms with Gasteiger partial charge in [-0.3, -0.25) is 4.79 Å². The summed E-state index contributed by atoms with van der Waals surface area (Å²) in [6.45, 7) is 1.90. The van der Waals surface area contributed by atoms with Gasteiger partial charge in [0.15, 0.2) is 6.29 Å². The van der Waals surface area contributed by atoms with Crippen molar-refractivity contribution in [3.63, 3.8) is 0 Å². The number of rotatable bonds is 26. The summed E-state index contributed by atoms with van der Waals surface area (Å²) >= 11 is 0. The molecule has 1 saturated heterocycles. The lowest BCUT2D eigenvalue weighted by Crippen LogP contribution is -2.60. The smallest absolute Gasteiger partial charge is 0.220 e. The average molecular weight is 880 g/mol. The highest BCUT2D eigenvalue weighted by molar-refractivity contribution is 5.77. The lowest BCUT2D eigenvalue weighted by atomic mass is 9.49. The Hall–Kier alpha value is -3.41. The number of benzene rings is 3. The van der Waals surface area contributed by atoms with Crippen LogP contribution < -0.4 is 5.32 Å². The predicted octanol–water partition coefficient (Wildman–Crippen LogP) is 9.53. The minimum absolute atomic E-state index is 0.0186. The van der Waals surface area contributed by atoms with E-state index in [-0.39, 0.29) is 24.5 Å². The van der Waals surface area contributed by atoms with Gasteiger partial charge in [-0.2, -0.15) is 0 Å². The molecule has 9 heteroatoms. The maximum atomic E-state index is 14.0. The predicted molar refractivity (Wildman–Crippen MR) is 251 cm³/mol. The molecule has 9 nitrogen and oxygen atoms in total. The number of ether oxygens (including phenoxy) is 3. The van der Waals surface area contributed by atoms with Crippen LogP contribution in [0.4, 0.5) is 0 Å². The van der Waals surface area contributed by atoms with E-state index in [9.17, 15) is 25.2 Å². The first-order valence-electron chi connectivity index (χ1n) is 25.0. The van der Waals surface area contributed by atoms with Crippen LogP contribution in [-0.4, -0.2) is 82.4 Å². The Morgan fingerprint density at radius 3 is 1.70 bits per heavy atom. The van der Waals surface area contributed by atoms with E-state index in [2.05, 4.69) is 12.2 Å². The second-order valence-corrected chi connectivity index (χ2v) is 19.9. The number of aliphatic hydroxyl groups excluding tert-OH is 4. The Morgan fingerprint density at radius 2 is 1.20 bits per heavy atom. The quantitative estimate of drug-likeness (QED) is 0.0306. The van der Waals surface area contributed by atoms with Gasteiger partial charge in [0.1, 0.15) is 30.0 Å². The summed E-state index contributed by atoms with van der Waals surface area (Å²) in [7, 11) is 0. The molecule has 0 aromatic heterocycles. The molecule has 4 aliphatic carbocycles. The SMILES string of the molecule is CCCCCCCCCCCCC/C=C/[C@@H](O)[C@H](CO[C@@H]1O[C@H](COC(c2ccccc2)(c2ccccc2)c2ccccc2)[C@H](O)[C@H](O)[C@H]1O)NC(=O)CC12CC3CC(CC(C3)C1)C2. The van der Waals surface area contributed by atoms with Gasteiger partial charge in [0.2, 0.25) is 5.91 Å². The lowest BCUT2D eigenvalue weighted by Gasteiger charge is -2.56. The fraction of sp³-hybridized carbons (Fsp3) is 0.618. The van der Waals surface area contributed by atoms with Crippen LogP contribution in [0.15, 0.2) is 103 Å². The minimum atomic E-state index is -1.60. The van der Waals surface area contributed by atoms with Crippen LogP contribution in [0.1, 0.15) is 146 Å². The van der Waals surface area contributed by atoms with Crippen molar-refractivity contribution in [3.05, 3.63) is 120 Å². The number of unbranched alkanes of at least 4 members (excludes halogenated alkanes) is 11. The van der Waals surface area contributed by atoms with Crippen LogP contribution in [0, 0.1) is 23.2 Å². The molecule has 0 spiro atoms. The molecule has 3 aromatic rings. The number of allylic oxidation sites excluding steroid dienone is 1. The van der Waals surface area contributed by atoms with Crippen molar-refractivity contribution >= 4 is 5.91 Å². The molecule has 1 heterocycles. The fourth-order valence-corrected chi connectivity index (χ4v) is 12.0. The molecule has 1 aliphatic heterocycles. The average Bonchev–Trinajstić information content (AvgIpc) is 3.30. The standard InChI is InChI=1S/C55H77NO8/c1-2-3-4-5-6-7-8-9-10-11-12-13-23-30-47(57)46(56-49(58)37-54-34-40-31-41(35-54)33-42(32-40)36-54)38-62-53-52(61)51(60)50(59)48(64-53)39-63-55(43-24-17-14-18-25-43,44-26-19-15-20-27-44)45-28-21-16-22-29-45/h14-30,40-42,46-48,50-53,57,59-61H,2-13,31-39H2,1H3,(H,56,58)/b30-23+/t40?,41?,42?,46-,47+,48+,50-,51-,52+,53+,54?/m0/s1. The molecule has 1 amide bonds. The molecule has 350 valence electrons. The molecular weight excluding hydrogens is 803 g/mol. The van der Waals surface area contributed by atoms with E-state index < -0.39 is 48.5 Å². The number of carbonyl (C=O) groups excluding carboxylic acids is 1. The molecule has 7 atom stereocenters. The van der Waals surface area contributed by atoms with Gasteiger partial charge < -0.3 is 40.0 Å². The van der Waals surface area contributed by atoms with E-state index in [4.69, 9.17) is 14.2 Å². The van der Waals surface area contributed by atoms with Crippen LogP contribution in [0.25, 0.3) is 0 Å². The van der Waals surface area contributed by atoms with Gasteiger partial charge in [0.05, 0.1) is 25.4 Å². The zero-order valence-electron chi connectivity index (χ0n) is 38.4. The fourth-order valence-electron chi connectivity index (χ4n) is 12.0. The summed E-state index contributed by atoms with van der Waals surface area (Å²) in [6, 6.07) is 28.7. The van der Waals surface area contributed by atoms with Gasteiger partial charge in [-0.1, -0.05) is 174 Å². The second-order valence-electron chi connectivity index (χ2n) is 19.9. The third kappa shape index (κ3) is 12.5. The highest BCUT2D eigenvalue weighted by atomic mass is 16.7. The first kappa shape index (κ1) is 48.5. The van der Waals surface area contributed by atoms with Crippen molar-refractivity contribution in [2.45, 2.75) is 177 Å². The lowest BCUT2D eigenvalue weighted by molar-refractivity contribution is -0.306. The highest BCUT2D eigenvalue weighted by Gasteiger charge is 2.52. The third-order valence-electron chi connectivity index (χ3n) is 14.9. The van der Waals surface area contributed by atoms with Gasteiger partial charge >= 0.3 is 0 Å². The number of hydrogen-bond acceptors (Lipinski definition) is 8. The molecule has 5 fully saturated rings. The van der Waals surface area contributed by atoms with Crippen molar-refractivity contribution in [1.82, 2.24) is 5.32 Å². The number of hydrogen-bond donors (Lipinski definition) is 5. The molecule has 5 aliphatic rings. The topological polar surface area (TPSA) is 138 Å². The van der Waals surface area contributed by atoms with Gasteiger partial charge in [0.25, 0.3) is 0 Å². The Bertz CT molecular complexity index is 1710. The molecule has 5 N–H and O–H groups in total. The maximum Gasteiger partial charge on any atom is 0.220 e. The van der Waals surface area contributed by atoms with Crippen molar-refractivity contribution < 1.29 is 39.4 Å². The van der Waals surface area contributed by atoms with E-state index in [1.807, 2.05) is 97.1 Å². The van der Waals surface area contributed by atoms with Crippen LogP contribution in [-0.2, 0) is 24.6 Å². The van der Waals surface area contributed by atoms with E-state index in [0.717, 1.165) is 55.2 Å². The molecular formula is C55H77NO8. The van der Waals surface area contributed by atoms with E-state index in [1.165, 1.54) is 77.0 Å². The Balaban J connectivity index is 1.000. The van der Waals surface area contributed by atoms with Gasteiger partial charge in [-0.25, -0.2) is 0 Å². The van der Waals surface area contributed by atoms with Crippen molar-refractivity contribution in [2.24, 2.45) is 23.2 Å². The van der Waals surface area contributed by atoms with Gasteiger partial charge in [-0.05, 0) is 91.2 Å². The summed E-state index contributed by atoms with van der Waals surface area (Å²) < 4.78 is 19.4. The molecule has 64 heavy (non-hydrogen) atoms. The van der Waals surface area contributed by atoms with E-state index >= 15 is 0 Å². The summed E-state index contributed by atoms with van der Waals surface area (Å²) in [5, 5.41) is 48.5. The number of nitrogens with one attached hydrogen (secondary N) is 1. The minimum Gasteiger partial charge on any atom is -0.387 e. The second kappa shape index (κ2) is 23.9. The Morgan fingerprint density at radius 1 is 0.719 bits per heavy atom. The first-order chi connectivity index (χ1) is 31.2. The van der Waals surface area contributed by atoms with Crippen LogP contribution in [0.2, 0.25) is 0 Å². The molecule has 4 saturated carbocycles. The zero-order chi connectivity index (χ0) is 44.8. The first-order valence-corrected chi connectivity index (χ1v) is 25.0. The van der Waals surface area contributed by atoms with Crippen LogP contribution in [0.3, 0.4) is 0 Å². The molecule has 0 unspecified atom stereocenters. The van der Waals surface area contributed by atoms with Gasteiger partial charge in [-0.15, -0.1) is 0 Å². The molecule has 8 rings (SSSR count). The number of amides is 1. The highest BCUT2D eigenvalue weighted by Crippen LogP contribution is 2.61. The van der Waals surface area contributed by atoms with Crippen LogP contribution >= 0.6 is 0 Å². The Kier molecular flexibility index (Phi) is 18.1. The monoisotopic (exact) mass is 880 g/mol. The van der Waals surface area contributed by atoms with Crippen molar-refractivity contribution in [1.29, 1.82) is 0 Å². The normalized spacial score (nSPS) is 28.6. The maximum absolute atomic E-state index is 14.0. The molecule has 4 bridgehead atoms. The van der Waals surface area contributed by atoms with Gasteiger partial charge in [0, 0.05) is 6.42 Å². The summed E-state index contributed by atoms with van der Waals surface area (Å²) in [5.74, 6) is 2.04. The van der Waals surface area contributed by atoms with Crippen molar-refractivity contribution in [3.8, 4) is 0 Å². The van der Waals surface area contributed by atoms with E-state index in [0.29, 0.717) is 24.2 Å². The summed E-state index contributed by atoms with van der Waals surface area (Å²) in [5.41, 5.74) is 1.50. The molecule has 3 aromatic carbocycles.